The number of anilines is 1. The van der Waals surface area contributed by atoms with E-state index in [2.05, 4.69) is 10.6 Å². The van der Waals surface area contributed by atoms with Crippen LogP contribution in [0, 0.1) is 11.3 Å². The minimum atomic E-state index is -1.23. The van der Waals surface area contributed by atoms with Crippen molar-refractivity contribution < 1.29 is 4.79 Å². The van der Waals surface area contributed by atoms with Crippen LogP contribution in [-0.4, -0.2) is 12.5 Å². The lowest BCUT2D eigenvalue weighted by Crippen LogP contribution is -2.49. The molecular formula is C16H11Cl2N3O. The number of fused-ring (bicyclic) bond motifs is 1. The lowest BCUT2D eigenvalue weighted by atomic mass is 9.83. The second kappa shape index (κ2) is 5.62. The van der Waals surface area contributed by atoms with Gasteiger partial charge in [0.25, 0.3) is 5.91 Å². The first-order valence-corrected chi connectivity index (χ1v) is 7.33. The highest BCUT2D eigenvalue weighted by molar-refractivity contribution is 6.32. The maximum absolute atomic E-state index is 12.7. The Labute approximate surface area is 137 Å². The molecule has 4 nitrogen and oxygen atoms in total. The molecule has 6 heteroatoms. The van der Waals surface area contributed by atoms with Gasteiger partial charge in [0.05, 0.1) is 12.6 Å². The highest BCUT2D eigenvalue weighted by atomic mass is 35.5. The maximum atomic E-state index is 12.7. The van der Waals surface area contributed by atoms with Crippen molar-refractivity contribution in [2.24, 2.45) is 0 Å². The molecule has 0 aliphatic carbocycles. The van der Waals surface area contributed by atoms with E-state index in [1.54, 1.807) is 42.5 Å². The van der Waals surface area contributed by atoms with Crippen molar-refractivity contribution >= 4 is 34.8 Å². The number of amides is 1. The molecule has 1 aliphatic rings. The summed E-state index contributed by atoms with van der Waals surface area (Å²) in [5.41, 5.74) is 0.674. The van der Waals surface area contributed by atoms with Gasteiger partial charge in [-0.15, -0.1) is 0 Å². The van der Waals surface area contributed by atoms with Gasteiger partial charge in [0.1, 0.15) is 0 Å². The fraction of sp³-hybridized carbons (Fsp3) is 0.125. The summed E-state index contributed by atoms with van der Waals surface area (Å²) in [7, 11) is 0. The first-order valence-electron chi connectivity index (χ1n) is 6.58. The number of hydrogen-bond acceptors (Lipinski definition) is 3. The van der Waals surface area contributed by atoms with Gasteiger partial charge in [0.15, 0.2) is 5.54 Å². The molecule has 0 saturated carbocycles. The highest BCUT2D eigenvalue weighted by Gasteiger charge is 2.49. The molecular weight excluding hydrogens is 321 g/mol. The average molecular weight is 332 g/mol. The van der Waals surface area contributed by atoms with Crippen LogP contribution in [0.1, 0.15) is 11.1 Å². The molecule has 110 valence electrons. The van der Waals surface area contributed by atoms with Crippen molar-refractivity contribution in [1.82, 2.24) is 5.32 Å². The Hall–Kier alpha value is -2.06. The van der Waals surface area contributed by atoms with Crippen LogP contribution in [0.25, 0.3) is 0 Å². The van der Waals surface area contributed by atoms with Crippen LogP contribution in [0.3, 0.4) is 0 Å². The van der Waals surface area contributed by atoms with Gasteiger partial charge in [-0.25, -0.2) is 0 Å². The molecule has 1 aliphatic heterocycles. The number of nitrogens with zero attached hydrogens (tertiary/aromatic N) is 1. The van der Waals surface area contributed by atoms with Crippen LogP contribution < -0.4 is 10.6 Å². The molecule has 0 aromatic heterocycles. The number of benzene rings is 2. The zero-order valence-electron chi connectivity index (χ0n) is 11.4. The van der Waals surface area contributed by atoms with E-state index < -0.39 is 5.54 Å². The molecule has 22 heavy (non-hydrogen) atoms. The third kappa shape index (κ3) is 2.15. The van der Waals surface area contributed by atoms with E-state index in [1.807, 2.05) is 6.07 Å². The van der Waals surface area contributed by atoms with Gasteiger partial charge in [0.2, 0.25) is 0 Å². The monoisotopic (exact) mass is 331 g/mol. The lowest BCUT2D eigenvalue weighted by molar-refractivity contribution is -0.120. The summed E-state index contributed by atoms with van der Waals surface area (Å²) < 4.78 is 0. The Kier molecular flexibility index (Phi) is 3.79. The summed E-state index contributed by atoms with van der Waals surface area (Å²) in [6.07, 6.45) is 0. The van der Waals surface area contributed by atoms with Crippen LogP contribution in [0.4, 0.5) is 5.69 Å². The Balaban J connectivity index is 2.29. The summed E-state index contributed by atoms with van der Waals surface area (Å²) in [6, 6.07) is 14.2. The Bertz CT molecular complexity index is 800. The molecule has 0 radical (unpaired) electrons. The number of carbonyl (C=O) groups excluding carboxylic acids is 1. The Morgan fingerprint density at radius 2 is 1.95 bits per heavy atom. The molecule has 0 saturated heterocycles. The molecule has 0 fully saturated rings. The van der Waals surface area contributed by atoms with Crippen molar-refractivity contribution in [1.29, 1.82) is 5.26 Å². The van der Waals surface area contributed by atoms with Gasteiger partial charge in [-0.1, -0.05) is 41.4 Å². The summed E-state index contributed by atoms with van der Waals surface area (Å²) in [5, 5.41) is 15.7. The number of nitrogens with one attached hydrogen (secondary N) is 2. The quantitative estimate of drug-likeness (QED) is 0.848. The summed E-state index contributed by atoms with van der Waals surface area (Å²) >= 11 is 12.4. The average Bonchev–Trinajstić information content (AvgIpc) is 2.78. The zero-order valence-corrected chi connectivity index (χ0v) is 12.9. The Morgan fingerprint density at radius 1 is 1.18 bits per heavy atom. The molecule has 1 unspecified atom stereocenters. The van der Waals surface area contributed by atoms with Crippen LogP contribution >= 0.6 is 23.2 Å². The van der Waals surface area contributed by atoms with E-state index in [1.165, 1.54) is 0 Å². The lowest BCUT2D eigenvalue weighted by Gasteiger charge is -2.29. The van der Waals surface area contributed by atoms with Crippen molar-refractivity contribution in [3.8, 4) is 6.07 Å². The predicted molar refractivity (Wildman–Crippen MR) is 85.9 cm³/mol. The standard InChI is InChI=1S/C16H11Cl2N3O/c17-10-5-6-14-12(9-10)16(15(22)21-14,20-8-7-19)11-3-1-2-4-13(11)18/h1-6,9,20H,8H2,(H,21,22). The van der Waals surface area contributed by atoms with E-state index in [0.717, 1.165) is 0 Å². The Morgan fingerprint density at radius 3 is 2.68 bits per heavy atom. The van der Waals surface area contributed by atoms with Crippen molar-refractivity contribution in [2.45, 2.75) is 5.54 Å². The minimum Gasteiger partial charge on any atom is -0.324 e. The van der Waals surface area contributed by atoms with E-state index >= 15 is 0 Å². The normalized spacial score (nSPS) is 19.4. The summed E-state index contributed by atoms with van der Waals surface area (Å²) in [5.74, 6) is -0.284. The number of hydrogen-bond donors (Lipinski definition) is 2. The van der Waals surface area contributed by atoms with E-state index in [9.17, 15) is 4.79 Å². The van der Waals surface area contributed by atoms with E-state index in [4.69, 9.17) is 28.5 Å². The van der Waals surface area contributed by atoms with E-state index in [0.29, 0.717) is 26.9 Å². The van der Waals surface area contributed by atoms with Crippen LogP contribution in [0.15, 0.2) is 42.5 Å². The number of halogens is 2. The predicted octanol–water partition coefficient (Wildman–Crippen LogP) is 3.30. The summed E-state index contributed by atoms with van der Waals surface area (Å²) in [6.45, 7) is -0.00933. The third-order valence-electron chi connectivity index (χ3n) is 3.68. The largest absolute Gasteiger partial charge is 0.324 e. The molecule has 2 aromatic rings. The number of rotatable bonds is 3. The van der Waals surface area contributed by atoms with Gasteiger partial charge in [0, 0.05) is 26.9 Å². The van der Waals surface area contributed by atoms with Gasteiger partial charge >= 0.3 is 0 Å². The number of nitriles is 1. The fourth-order valence-electron chi connectivity index (χ4n) is 2.75. The third-order valence-corrected chi connectivity index (χ3v) is 4.25. The minimum absolute atomic E-state index is 0.00933. The smallest absolute Gasteiger partial charge is 0.254 e. The molecule has 1 heterocycles. The van der Waals surface area contributed by atoms with Crippen molar-refractivity contribution in [3.63, 3.8) is 0 Å². The second-order valence-electron chi connectivity index (χ2n) is 4.89. The molecule has 1 atom stereocenters. The van der Waals surface area contributed by atoms with Crippen LogP contribution in [0.2, 0.25) is 10.0 Å². The highest BCUT2D eigenvalue weighted by Crippen LogP contribution is 2.44. The molecule has 0 spiro atoms. The van der Waals surface area contributed by atoms with Gasteiger partial charge < -0.3 is 5.32 Å². The maximum Gasteiger partial charge on any atom is 0.254 e. The van der Waals surface area contributed by atoms with Gasteiger partial charge in [-0.2, -0.15) is 5.26 Å². The second-order valence-corrected chi connectivity index (χ2v) is 5.73. The van der Waals surface area contributed by atoms with Gasteiger partial charge in [-0.05, 0) is 24.3 Å². The summed E-state index contributed by atoms with van der Waals surface area (Å²) in [4.78, 5) is 12.7. The molecule has 3 rings (SSSR count). The molecule has 2 aromatic carbocycles. The van der Waals surface area contributed by atoms with Crippen LogP contribution in [-0.2, 0) is 10.3 Å². The molecule has 1 amide bonds. The first kappa shape index (κ1) is 14.9. The van der Waals surface area contributed by atoms with Gasteiger partial charge in [-0.3, -0.25) is 10.1 Å². The number of carbonyl (C=O) groups is 1. The van der Waals surface area contributed by atoms with Crippen molar-refractivity contribution in [3.05, 3.63) is 63.6 Å². The first-order chi connectivity index (χ1) is 10.6. The zero-order chi connectivity index (χ0) is 15.7. The fourth-order valence-corrected chi connectivity index (χ4v) is 3.20. The van der Waals surface area contributed by atoms with Crippen LogP contribution in [0.5, 0.6) is 0 Å². The molecule has 2 N–H and O–H groups in total. The SMILES string of the molecule is N#CCNC1(c2ccccc2Cl)C(=O)Nc2ccc(Cl)cc21. The van der Waals surface area contributed by atoms with Crippen molar-refractivity contribution in [2.75, 3.05) is 11.9 Å². The van der Waals surface area contributed by atoms with E-state index in [-0.39, 0.29) is 12.5 Å². The topological polar surface area (TPSA) is 64.9 Å². The molecule has 0 bridgehead atoms.